The average molecular weight is 518 g/mol. The largest absolute Gasteiger partial charge is 0.458 e. The molecule has 1 aliphatic rings. The number of nitrogens with zero attached hydrogens (tertiary/aromatic N) is 1. The minimum atomic E-state index is -0.604. The number of amides is 2. The second-order valence-electron chi connectivity index (χ2n) is 7.02. The first-order valence-corrected chi connectivity index (χ1v) is 10.9. The Hall–Kier alpha value is -3.52. The van der Waals surface area contributed by atoms with Gasteiger partial charge in [-0.15, -0.1) is 0 Å². The number of ether oxygens (including phenoxy) is 1. The molecule has 10 heteroatoms. The summed E-state index contributed by atoms with van der Waals surface area (Å²) in [5, 5.41) is 1.86. The van der Waals surface area contributed by atoms with E-state index in [1.807, 2.05) is 0 Å². The highest BCUT2D eigenvalue weighted by molar-refractivity contribution is 6.42. The number of hydrazine groups is 1. The Morgan fingerprint density at radius 2 is 1.79 bits per heavy atom. The van der Waals surface area contributed by atoms with Crippen LogP contribution >= 0.6 is 34.8 Å². The Labute approximate surface area is 209 Å². The van der Waals surface area contributed by atoms with Crippen molar-refractivity contribution in [3.8, 4) is 11.3 Å². The quantitative estimate of drug-likeness (QED) is 0.196. The molecule has 0 bridgehead atoms. The van der Waals surface area contributed by atoms with Crippen LogP contribution in [0.15, 0.2) is 71.2 Å². The molecule has 0 spiro atoms. The predicted octanol–water partition coefficient (Wildman–Crippen LogP) is 5.71. The van der Waals surface area contributed by atoms with Crippen LogP contribution in [0.5, 0.6) is 0 Å². The zero-order valence-electron chi connectivity index (χ0n) is 17.3. The van der Waals surface area contributed by atoms with Gasteiger partial charge in [0.15, 0.2) is 0 Å². The molecule has 34 heavy (non-hydrogen) atoms. The van der Waals surface area contributed by atoms with Gasteiger partial charge >= 0.3 is 5.97 Å². The number of rotatable bonds is 6. The van der Waals surface area contributed by atoms with Gasteiger partial charge in [0.1, 0.15) is 23.7 Å². The number of hydrogen-bond donors (Lipinski definition) is 1. The molecule has 2 heterocycles. The summed E-state index contributed by atoms with van der Waals surface area (Å²) in [6.07, 6.45) is 2.78. The molecular weight excluding hydrogens is 503 g/mol. The lowest BCUT2D eigenvalue weighted by molar-refractivity contribution is -0.117. The fourth-order valence-corrected chi connectivity index (χ4v) is 3.63. The van der Waals surface area contributed by atoms with Crippen molar-refractivity contribution in [3.63, 3.8) is 0 Å². The third-order valence-corrected chi connectivity index (χ3v) is 5.84. The zero-order valence-corrected chi connectivity index (χ0v) is 19.6. The molecule has 0 atom stereocenters. The van der Waals surface area contributed by atoms with E-state index in [0.29, 0.717) is 22.0 Å². The van der Waals surface area contributed by atoms with E-state index < -0.39 is 17.8 Å². The van der Waals surface area contributed by atoms with Crippen LogP contribution in [-0.2, 0) is 14.3 Å². The Kier molecular flexibility index (Phi) is 6.79. The molecule has 4 rings (SSSR count). The maximum absolute atomic E-state index is 12.8. The minimum Gasteiger partial charge on any atom is -0.458 e. The van der Waals surface area contributed by atoms with Crippen molar-refractivity contribution in [2.75, 3.05) is 11.6 Å². The molecule has 1 aliphatic heterocycles. The highest BCUT2D eigenvalue weighted by Crippen LogP contribution is 2.31. The molecule has 3 aromatic rings. The molecule has 0 aliphatic carbocycles. The van der Waals surface area contributed by atoms with Crippen molar-refractivity contribution in [2.24, 2.45) is 0 Å². The van der Waals surface area contributed by atoms with E-state index in [1.54, 1.807) is 30.3 Å². The van der Waals surface area contributed by atoms with E-state index in [0.717, 1.165) is 5.01 Å². The molecular formula is C24H15Cl3N2O5. The summed E-state index contributed by atoms with van der Waals surface area (Å²) in [5.74, 6) is -1.13. The summed E-state index contributed by atoms with van der Waals surface area (Å²) in [6, 6.07) is 12.5. The van der Waals surface area contributed by atoms with Crippen LogP contribution in [0.1, 0.15) is 16.1 Å². The van der Waals surface area contributed by atoms with E-state index in [4.69, 9.17) is 44.0 Å². The summed E-state index contributed by atoms with van der Waals surface area (Å²) in [6.45, 7) is 3.55. The van der Waals surface area contributed by atoms with E-state index >= 15 is 0 Å². The number of nitrogens with one attached hydrogen (secondary N) is 1. The van der Waals surface area contributed by atoms with E-state index in [1.165, 1.54) is 30.4 Å². The fourth-order valence-electron chi connectivity index (χ4n) is 3.14. The number of anilines is 1. The van der Waals surface area contributed by atoms with Crippen molar-refractivity contribution in [1.29, 1.82) is 0 Å². The Bertz CT molecular complexity index is 1360. The van der Waals surface area contributed by atoms with Crippen molar-refractivity contribution in [3.05, 3.63) is 93.2 Å². The van der Waals surface area contributed by atoms with E-state index in [2.05, 4.69) is 12.0 Å². The van der Waals surface area contributed by atoms with Crippen molar-refractivity contribution in [2.45, 2.75) is 0 Å². The summed E-state index contributed by atoms with van der Waals surface area (Å²) >= 11 is 18.1. The number of carbonyl (C=O) groups is 3. The molecule has 2 aromatic carbocycles. The SMILES string of the molecule is C=CCOC(=O)c1cc(-c2ccc(C=C3C(=O)NN(c4ccc(Cl)c(Cl)c4)C3=O)o2)ccc1Cl. The second-order valence-corrected chi connectivity index (χ2v) is 8.24. The van der Waals surface area contributed by atoms with Gasteiger partial charge in [0, 0.05) is 5.56 Å². The number of carbonyl (C=O) groups excluding carboxylic acids is 3. The first-order chi connectivity index (χ1) is 16.3. The molecule has 0 radical (unpaired) electrons. The van der Waals surface area contributed by atoms with Gasteiger partial charge in [-0.25, -0.2) is 9.80 Å². The van der Waals surface area contributed by atoms with Crippen LogP contribution in [0.3, 0.4) is 0 Å². The number of hydrogen-bond acceptors (Lipinski definition) is 5. The lowest BCUT2D eigenvalue weighted by atomic mass is 10.1. The second kappa shape index (κ2) is 9.77. The van der Waals surface area contributed by atoms with E-state index in [-0.39, 0.29) is 33.5 Å². The summed E-state index contributed by atoms with van der Waals surface area (Å²) in [7, 11) is 0. The first-order valence-electron chi connectivity index (χ1n) is 9.78. The van der Waals surface area contributed by atoms with Crippen molar-refractivity contribution < 1.29 is 23.5 Å². The van der Waals surface area contributed by atoms with Gasteiger partial charge in [-0.05, 0) is 54.6 Å². The summed E-state index contributed by atoms with van der Waals surface area (Å²) in [5.41, 5.74) is 3.43. The Morgan fingerprint density at radius 3 is 2.53 bits per heavy atom. The monoisotopic (exact) mass is 516 g/mol. The number of furan rings is 1. The number of benzene rings is 2. The average Bonchev–Trinajstić information content (AvgIpc) is 3.40. The molecule has 0 unspecified atom stereocenters. The van der Waals surface area contributed by atoms with E-state index in [9.17, 15) is 14.4 Å². The first kappa shape index (κ1) is 23.6. The molecule has 1 N–H and O–H groups in total. The van der Waals surface area contributed by atoms with Gasteiger partial charge in [0.25, 0.3) is 11.8 Å². The smallest absolute Gasteiger partial charge is 0.339 e. The minimum absolute atomic E-state index is 0.0488. The summed E-state index contributed by atoms with van der Waals surface area (Å²) in [4.78, 5) is 37.5. The van der Waals surface area contributed by atoms with Gasteiger partial charge in [-0.1, -0.05) is 47.5 Å². The molecule has 1 saturated heterocycles. The molecule has 1 fully saturated rings. The molecule has 7 nitrogen and oxygen atoms in total. The van der Waals surface area contributed by atoms with Gasteiger partial charge in [0.2, 0.25) is 0 Å². The van der Waals surface area contributed by atoms with Gasteiger partial charge < -0.3 is 9.15 Å². The number of halogens is 3. The number of esters is 1. The van der Waals surface area contributed by atoms with Crippen LogP contribution in [0, 0.1) is 0 Å². The topological polar surface area (TPSA) is 88.9 Å². The van der Waals surface area contributed by atoms with Crippen LogP contribution in [0.2, 0.25) is 15.1 Å². The lowest BCUT2D eigenvalue weighted by Crippen LogP contribution is -2.35. The predicted molar refractivity (Wildman–Crippen MR) is 130 cm³/mol. The van der Waals surface area contributed by atoms with Crippen LogP contribution in [0.4, 0.5) is 5.69 Å². The molecule has 1 aromatic heterocycles. The molecule has 172 valence electrons. The highest BCUT2D eigenvalue weighted by Gasteiger charge is 2.35. The lowest BCUT2D eigenvalue weighted by Gasteiger charge is -2.15. The van der Waals surface area contributed by atoms with Crippen LogP contribution in [-0.4, -0.2) is 24.4 Å². The van der Waals surface area contributed by atoms with Crippen LogP contribution < -0.4 is 10.4 Å². The van der Waals surface area contributed by atoms with Crippen molar-refractivity contribution in [1.82, 2.24) is 5.43 Å². The molecule has 2 amide bonds. The third-order valence-electron chi connectivity index (χ3n) is 4.77. The fraction of sp³-hybridized carbons (Fsp3) is 0.0417. The zero-order chi connectivity index (χ0) is 24.4. The molecule has 0 saturated carbocycles. The highest BCUT2D eigenvalue weighted by atomic mass is 35.5. The Morgan fingerprint density at radius 1 is 1.03 bits per heavy atom. The maximum Gasteiger partial charge on any atom is 0.339 e. The van der Waals surface area contributed by atoms with Crippen LogP contribution in [0.25, 0.3) is 17.4 Å². The van der Waals surface area contributed by atoms with Gasteiger partial charge in [-0.3, -0.25) is 15.0 Å². The van der Waals surface area contributed by atoms with Crippen molar-refractivity contribution >= 4 is 64.3 Å². The third kappa shape index (κ3) is 4.72. The van der Waals surface area contributed by atoms with Gasteiger partial charge in [-0.2, -0.15) is 0 Å². The van der Waals surface area contributed by atoms with Gasteiger partial charge in [0.05, 0.1) is 26.3 Å². The standard InChI is InChI=1S/C24H15Cl3N2O5/c1-2-9-33-24(32)16-10-13(3-6-18(16)25)21-8-5-15(34-21)12-17-22(30)28-29(23(17)31)14-4-7-19(26)20(27)11-14/h2-8,10-12H,1,9H2,(H,28,30). The maximum atomic E-state index is 12.8. The summed E-state index contributed by atoms with van der Waals surface area (Å²) < 4.78 is 10.8. The Balaban J connectivity index is 1.59. The normalized spacial score (nSPS) is 14.4.